The van der Waals surface area contributed by atoms with E-state index >= 15 is 0 Å². The number of rotatable bonds is 7. The van der Waals surface area contributed by atoms with Crippen LogP contribution in [0.25, 0.3) is 5.57 Å². The highest BCUT2D eigenvalue weighted by Crippen LogP contribution is 2.24. The Kier molecular flexibility index (Phi) is 8.19. The quantitative estimate of drug-likeness (QED) is 0.448. The number of benzene rings is 1. The van der Waals surface area contributed by atoms with Crippen LogP contribution in [0.15, 0.2) is 54.6 Å². The smallest absolute Gasteiger partial charge is 0.410 e. The fraction of sp³-hybridized carbons (Fsp3) is 0.320. The summed E-state index contributed by atoms with van der Waals surface area (Å²) in [6, 6.07) is 8.10. The topological polar surface area (TPSA) is 146 Å². The predicted octanol–water partition coefficient (Wildman–Crippen LogP) is 3.09. The van der Waals surface area contributed by atoms with E-state index in [2.05, 4.69) is 32.7 Å². The number of hydrogen-bond donors (Lipinski definition) is 4. The zero-order chi connectivity index (χ0) is 25.4. The highest BCUT2D eigenvalue weighted by molar-refractivity contribution is 5.99. The summed E-state index contributed by atoms with van der Waals surface area (Å²) in [5.41, 5.74) is 8.72. The van der Waals surface area contributed by atoms with E-state index < -0.39 is 11.5 Å². The van der Waals surface area contributed by atoms with E-state index in [1.165, 1.54) is 18.0 Å². The number of carbonyl (C=O) groups excluding carboxylic acids is 2. The molecule has 1 aliphatic rings. The number of nitrogens with zero attached hydrogens (tertiary/aromatic N) is 3. The average molecular weight is 478 g/mol. The van der Waals surface area contributed by atoms with Gasteiger partial charge in [0.25, 0.3) is 5.91 Å². The lowest BCUT2D eigenvalue weighted by Crippen LogP contribution is -2.39. The van der Waals surface area contributed by atoms with Gasteiger partial charge in [-0.15, -0.1) is 0 Å². The molecule has 0 saturated heterocycles. The Balaban J connectivity index is 1.58. The number of ether oxygens (including phenoxy) is 1. The molecule has 2 aromatic rings. The van der Waals surface area contributed by atoms with Gasteiger partial charge in [-0.1, -0.05) is 24.3 Å². The van der Waals surface area contributed by atoms with Crippen molar-refractivity contribution < 1.29 is 14.3 Å². The van der Waals surface area contributed by atoms with E-state index in [0.29, 0.717) is 19.6 Å². The molecule has 3 rings (SSSR count). The van der Waals surface area contributed by atoms with Crippen molar-refractivity contribution in [2.75, 3.05) is 18.8 Å². The summed E-state index contributed by atoms with van der Waals surface area (Å²) in [6.45, 7) is 7.18. The molecule has 0 atom stereocenters. The normalized spacial score (nSPS) is 14.1. The highest BCUT2D eigenvalue weighted by Gasteiger charge is 2.23. The number of hydrogen-bond acceptors (Lipinski definition) is 8. The molecule has 2 amide bonds. The minimum absolute atomic E-state index is 0.000979. The molecule has 0 radical (unpaired) electrons. The van der Waals surface area contributed by atoms with Crippen molar-refractivity contribution in [1.82, 2.24) is 25.5 Å². The molecule has 10 heteroatoms. The summed E-state index contributed by atoms with van der Waals surface area (Å²) < 4.78 is 5.45. The number of nitrogen functional groups attached to an aromatic ring is 1. The third-order valence-corrected chi connectivity index (χ3v) is 5.08. The Hall–Kier alpha value is -4.21. The first-order valence-corrected chi connectivity index (χ1v) is 11.2. The van der Waals surface area contributed by atoms with Crippen LogP contribution in [-0.4, -0.2) is 51.8 Å². The molecule has 0 fully saturated rings. The van der Waals surface area contributed by atoms with Gasteiger partial charge in [0.1, 0.15) is 5.60 Å². The second-order valence-electron chi connectivity index (χ2n) is 8.98. The molecule has 0 spiro atoms. The Labute approximate surface area is 204 Å². The second kappa shape index (κ2) is 11.3. The van der Waals surface area contributed by atoms with Gasteiger partial charge in [-0.2, -0.15) is 0 Å². The largest absolute Gasteiger partial charge is 0.444 e. The van der Waals surface area contributed by atoms with Gasteiger partial charge in [-0.05, 0) is 50.0 Å². The Bertz CT molecular complexity index is 1150. The fourth-order valence-corrected chi connectivity index (χ4v) is 3.41. The summed E-state index contributed by atoms with van der Waals surface area (Å²) in [5.74, 6) is -0.524. The molecule has 10 nitrogen and oxygen atoms in total. The SMILES string of the molecule is CC(C)(C)OC(=O)N1CC=C(c2cccc(CN/C=C(\C=N)NC(=O)c3nccnc3N)c2)CC1. The van der Waals surface area contributed by atoms with Gasteiger partial charge in [0.15, 0.2) is 11.5 Å². The molecular weight excluding hydrogens is 446 g/mol. The van der Waals surface area contributed by atoms with E-state index in [1.54, 1.807) is 11.1 Å². The van der Waals surface area contributed by atoms with E-state index in [-0.39, 0.29) is 23.3 Å². The maximum Gasteiger partial charge on any atom is 0.410 e. The molecule has 0 unspecified atom stereocenters. The zero-order valence-electron chi connectivity index (χ0n) is 20.2. The molecule has 1 aromatic carbocycles. The van der Waals surface area contributed by atoms with Crippen molar-refractivity contribution in [3.63, 3.8) is 0 Å². The van der Waals surface area contributed by atoms with Gasteiger partial charge in [0, 0.05) is 44.4 Å². The number of nitrogens with two attached hydrogens (primary N) is 1. The van der Waals surface area contributed by atoms with Crippen LogP contribution < -0.4 is 16.4 Å². The molecule has 1 aliphatic heterocycles. The summed E-state index contributed by atoms with van der Waals surface area (Å²) in [4.78, 5) is 34.1. The van der Waals surface area contributed by atoms with Crippen LogP contribution in [0, 0.1) is 5.41 Å². The van der Waals surface area contributed by atoms with E-state index in [0.717, 1.165) is 23.8 Å². The number of aromatic nitrogens is 2. The minimum Gasteiger partial charge on any atom is -0.444 e. The average Bonchev–Trinajstić information content (AvgIpc) is 2.83. The number of amides is 2. The monoisotopic (exact) mass is 477 g/mol. The summed E-state index contributed by atoms with van der Waals surface area (Å²) in [5, 5.41) is 13.3. The maximum atomic E-state index is 12.3. The van der Waals surface area contributed by atoms with Crippen LogP contribution in [0.1, 0.15) is 48.8 Å². The summed E-state index contributed by atoms with van der Waals surface area (Å²) >= 11 is 0. The Morgan fingerprint density at radius 2 is 2.03 bits per heavy atom. The minimum atomic E-state index is -0.543. The lowest BCUT2D eigenvalue weighted by molar-refractivity contribution is 0.0270. The molecule has 5 N–H and O–H groups in total. The van der Waals surface area contributed by atoms with Crippen LogP contribution in [-0.2, 0) is 11.3 Å². The third-order valence-electron chi connectivity index (χ3n) is 5.08. The van der Waals surface area contributed by atoms with E-state index in [4.69, 9.17) is 15.9 Å². The molecule has 0 aliphatic carbocycles. The first kappa shape index (κ1) is 25.4. The number of allylic oxidation sites excluding steroid dienone is 1. The van der Waals surface area contributed by atoms with Crippen LogP contribution in [0.3, 0.4) is 0 Å². The van der Waals surface area contributed by atoms with E-state index in [9.17, 15) is 9.59 Å². The third kappa shape index (κ3) is 7.39. The maximum absolute atomic E-state index is 12.3. The summed E-state index contributed by atoms with van der Waals surface area (Å²) in [7, 11) is 0. The molecular formula is C25H31N7O3. The first-order chi connectivity index (χ1) is 16.7. The molecule has 1 aromatic heterocycles. The Morgan fingerprint density at radius 3 is 2.69 bits per heavy atom. The van der Waals surface area contributed by atoms with Gasteiger partial charge in [-0.25, -0.2) is 14.8 Å². The zero-order valence-corrected chi connectivity index (χ0v) is 20.2. The first-order valence-electron chi connectivity index (χ1n) is 11.2. The lowest BCUT2D eigenvalue weighted by atomic mass is 9.98. The lowest BCUT2D eigenvalue weighted by Gasteiger charge is -2.29. The van der Waals surface area contributed by atoms with Crippen LogP contribution in [0.4, 0.5) is 10.6 Å². The Morgan fingerprint density at radius 1 is 1.26 bits per heavy atom. The van der Waals surface area contributed by atoms with Crippen molar-refractivity contribution in [3.8, 4) is 0 Å². The van der Waals surface area contributed by atoms with Crippen molar-refractivity contribution >= 4 is 29.6 Å². The molecule has 35 heavy (non-hydrogen) atoms. The molecule has 184 valence electrons. The van der Waals surface area contributed by atoms with Crippen molar-refractivity contribution in [3.05, 3.63) is 71.5 Å². The van der Waals surface area contributed by atoms with Crippen molar-refractivity contribution in [2.45, 2.75) is 39.3 Å². The van der Waals surface area contributed by atoms with E-state index in [1.807, 2.05) is 39.0 Å². The van der Waals surface area contributed by atoms with Crippen LogP contribution in [0.2, 0.25) is 0 Å². The van der Waals surface area contributed by atoms with Gasteiger partial charge < -0.3 is 31.4 Å². The van der Waals surface area contributed by atoms with Gasteiger partial charge in [-0.3, -0.25) is 4.79 Å². The standard InChI is InChI=1S/C25H31N7O3/c1-25(2,3)35-24(34)32-11-7-18(8-12-32)19-6-4-5-17(13-19)15-28-16-20(14-26)31-23(33)21-22(27)30-10-9-29-21/h4-7,9-10,13-14,16,26,28H,8,11-12,15H2,1-3H3,(H2,27,30)(H,31,33)/b20-16+,26-14?. The summed E-state index contributed by atoms with van der Waals surface area (Å²) in [6.07, 6.45) is 7.84. The van der Waals surface area contributed by atoms with Gasteiger partial charge >= 0.3 is 6.09 Å². The number of nitrogens with one attached hydrogen (secondary N) is 3. The second-order valence-corrected chi connectivity index (χ2v) is 8.98. The van der Waals surface area contributed by atoms with Crippen molar-refractivity contribution in [2.24, 2.45) is 0 Å². The van der Waals surface area contributed by atoms with Crippen LogP contribution >= 0.6 is 0 Å². The van der Waals surface area contributed by atoms with Crippen LogP contribution in [0.5, 0.6) is 0 Å². The molecule has 0 saturated carbocycles. The molecule has 2 heterocycles. The fourth-order valence-electron chi connectivity index (χ4n) is 3.41. The predicted molar refractivity (Wildman–Crippen MR) is 134 cm³/mol. The molecule has 0 bridgehead atoms. The number of anilines is 1. The van der Waals surface area contributed by atoms with Gasteiger partial charge in [0.2, 0.25) is 0 Å². The van der Waals surface area contributed by atoms with Gasteiger partial charge in [0.05, 0.1) is 5.70 Å². The van der Waals surface area contributed by atoms with Crippen molar-refractivity contribution in [1.29, 1.82) is 5.41 Å². The highest BCUT2D eigenvalue weighted by atomic mass is 16.6. The number of carbonyl (C=O) groups is 2.